The van der Waals surface area contributed by atoms with Gasteiger partial charge in [0.1, 0.15) is 5.82 Å². The summed E-state index contributed by atoms with van der Waals surface area (Å²) in [7, 11) is 0. The van der Waals surface area contributed by atoms with Crippen molar-refractivity contribution in [1.82, 2.24) is 10.6 Å². The molecule has 5 heteroatoms. The minimum Gasteiger partial charge on any atom is -0.392 e. The lowest BCUT2D eigenvalue weighted by Crippen LogP contribution is -2.34. The van der Waals surface area contributed by atoms with Crippen LogP contribution < -0.4 is 10.6 Å². The lowest BCUT2D eigenvalue weighted by molar-refractivity contribution is 0.240. The summed E-state index contributed by atoms with van der Waals surface area (Å²) in [5.74, 6) is -0.336. The maximum atomic E-state index is 13.4. The van der Waals surface area contributed by atoms with E-state index >= 15 is 0 Å². The van der Waals surface area contributed by atoms with Gasteiger partial charge >= 0.3 is 6.03 Å². The monoisotopic (exact) mass is 288 g/mol. The molecule has 3 N–H and O–H groups in total. The fourth-order valence-electron chi connectivity index (χ4n) is 1.82. The van der Waals surface area contributed by atoms with E-state index in [0.29, 0.717) is 12.1 Å². The van der Waals surface area contributed by atoms with E-state index < -0.39 is 0 Å². The standard InChI is InChI=1S/C16H17FN2O2/c17-15-4-2-1-3-14(15)10-19-16(21)18-9-12-5-7-13(11-20)8-6-12/h1-8,20H,9-11H2,(H2,18,19,21). The number of benzene rings is 2. The largest absolute Gasteiger partial charge is 0.392 e. The van der Waals surface area contributed by atoms with Crippen LogP contribution >= 0.6 is 0 Å². The summed E-state index contributed by atoms with van der Waals surface area (Å²) < 4.78 is 13.4. The number of urea groups is 1. The molecule has 0 radical (unpaired) electrons. The van der Waals surface area contributed by atoms with Gasteiger partial charge in [-0.2, -0.15) is 0 Å². The number of nitrogens with one attached hydrogen (secondary N) is 2. The Morgan fingerprint density at radius 2 is 1.57 bits per heavy atom. The lowest BCUT2D eigenvalue weighted by atomic mass is 10.1. The average molecular weight is 288 g/mol. The van der Waals surface area contributed by atoms with Gasteiger partial charge in [0.2, 0.25) is 0 Å². The molecular formula is C16H17FN2O2. The van der Waals surface area contributed by atoms with Crippen LogP contribution in [0.25, 0.3) is 0 Å². The molecular weight excluding hydrogens is 271 g/mol. The minimum atomic E-state index is -0.357. The predicted molar refractivity (Wildman–Crippen MR) is 77.8 cm³/mol. The van der Waals surface area contributed by atoms with Gasteiger partial charge in [-0.3, -0.25) is 0 Å². The molecule has 0 saturated carbocycles. The van der Waals surface area contributed by atoms with E-state index in [-0.39, 0.29) is 25.0 Å². The van der Waals surface area contributed by atoms with Gasteiger partial charge < -0.3 is 15.7 Å². The maximum absolute atomic E-state index is 13.4. The van der Waals surface area contributed by atoms with Crippen molar-refractivity contribution in [3.05, 3.63) is 71.0 Å². The molecule has 2 aromatic rings. The van der Waals surface area contributed by atoms with E-state index in [2.05, 4.69) is 10.6 Å². The molecule has 0 aromatic heterocycles. The molecule has 0 aliphatic rings. The molecule has 2 aromatic carbocycles. The molecule has 0 aliphatic carbocycles. The van der Waals surface area contributed by atoms with Crippen LogP contribution in [0.15, 0.2) is 48.5 Å². The topological polar surface area (TPSA) is 61.4 Å². The summed E-state index contributed by atoms with van der Waals surface area (Å²) in [6, 6.07) is 13.2. The first-order valence-electron chi connectivity index (χ1n) is 6.63. The summed E-state index contributed by atoms with van der Waals surface area (Å²) in [4.78, 5) is 11.6. The molecule has 0 unspecified atom stereocenters. The first-order valence-corrected chi connectivity index (χ1v) is 6.63. The molecule has 21 heavy (non-hydrogen) atoms. The van der Waals surface area contributed by atoms with Crippen molar-refractivity contribution in [2.24, 2.45) is 0 Å². The summed E-state index contributed by atoms with van der Waals surface area (Å²) in [5, 5.41) is 14.2. The van der Waals surface area contributed by atoms with Crippen LogP contribution in [0.3, 0.4) is 0 Å². The number of carbonyl (C=O) groups excluding carboxylic acids is 1. The molecule has 2 amide bonds. The SMILES string of the molecule is O=C(NCc1ccc(CO)cc1)NCc1ccccc1F. The van der Waals surface area contributed by atoms with Crippen molar-refractivity contribution in [3.8, 4) is 0 Å². The summed E-state index contributed by atoms with van der Waals surface area (Å²) in [6.07, 6.45) is 0. The third-order valence-electron chi connectivity index (χ3n) is 3.06. The average Bonchev–Trinajstić information content (AvgIpc) is 2.52. The third-order valence-corrected chi connectivity index (χ3v) is 3.06. The molecule has 0 atom stereocenters. The normalized spacial score (nSPS) is 10.2. The Hall–Kier alpha value is -2.40. The van der Waals surface area contributed by atoms with Gasteiger partial charge in [0.25, 0.3) is 0 Å². The Labute approximate surface area is 122 Å². The Bertz CT molecular complexity index is 599. The Morgan fingerprint density at radius 3 is 2.24 bits per heavy atom. The van der Waals surface area contributed by atoms with Crippen LogP contribution in [0.2, 0.25) is 0 Å². The highest BCUT2D eigenvalue weighted by atomic mass is 19.1. The Kier molecular flexibility index (Phi) is 5.29. The molecule has 4 nitrogen and oxygen atoms in total. The highest BCUT2D eigenvalue weighted by molar-refractivity contribution is 5.73. The molecule has 0 bridgehead atoms. The van der Waals surface area contributed by atoms with Gasteiger partial charge in [-0.15, -0.1) is 0 Å². The summed E-state index contributed by atoms with van der Waals surface area (Å²) in [6.45, 7) is 0.508. The summed E-state index contributed by atoms with van der Waals surface area (Å²) in [5.41, 5.74) is 2.19. The number of hydrogen-bond acceptors (Lipinski definition) is 2. The fourth-order valence-corrected chi connectivity index (χ4v) is 1.82. The van der Waals surface area contributed by atoms with Crippen molar-refractivity contribution in [1.29, 1.82) is 0 Å². The van der Waals surface area contributed by atoms with Crippen molar-refractivity contribution >= 4 is 6.03 Å². The van der Waals surface area contributed by atoms with E-state index in [9.17, 15) is 9.18 Å². The maximum Gasteiger partial charge on any atom is 0.315 e. The number of carbonyl (C=O) groups is 1. The van der Waals surface area contributed by atoms with Gasteiger partial charge in [-0.1, -0.05) is 42.5 Å². The van der Waals surface area contributed by atoms with Crippen LogP contribution in [-0.2, 0) is 19.7 Å². The molecule has 0 fully saturated rings. The fraction of sp³-hybridized carbons (Fsp3) is 0.188. The van der Waals surface area contributed by atoms with Crippen molar-refractivity contribution in [2.45, 2.75) is 19.7 Å². The highest BCUT2D eigenvalue weighted by Gasteiger charge is 2.04. The Balaban J connectivity index is 1.78. The molecule has 0 heterocycles. The van der Waals surface area contributed by atoms with Crippen LogP contribution in [-0.4, -0.2) is 11.1 Å². The van der Waals surface area contributed by atoms with Gasteiger partial charge in [0, 0.05) is 18.7 Å². The zero-order valence-electron chi connectivity index (χ0n) is 11.5. The minimum absolute atomic E-state index is 0.00314. The smallest absolute Gasteiger partial charge is 0.315 e. The second kappa shape index (κ2) is 7.40. The van der Waals surface area contributed by atoms with E-state index in [1.807, 2.05) is 12.1 Å². The van der Waals surface area contributed by atoms with Crippen LogP contribution in [0.1, 0.15) is 16.7 Å². The van der Waals surface area contributed by atoms with Crippen LogP contribution in [0.4, 0.5) is 9.18 Å². The Morgan fingerprint density at radius 1 is 0.952 bits per heavy atom. The lowest BCUT2D eigenvalue weighted by Gasteiger charge is -2.08. The molecule has 0 aliphatic heterocycles. The number of aliphatic hydroxyl groups is 1. The zero-order chi connectivity index (χ0) is 15.1. The first-order chi connectivity index (χ1) is 10.2. The van der Waals surface area contributed by atoms with E-state index in [0.717, 1.165) is 11.1 Å². The van der Waals surface area contributed by atoms with Gasteiger partial charge in [-0.05, 0) is 17.2 Å². The predicted octanol–water partition coefficient (Wildman–Crippen LogP) is 2.32. The molecule has 2 rings (SSSR count). The number of rotatable bonds is 5. The van der Waals surface area contributed by atoms with Gasteiger partial charge in [0.15, 0.2) is 0 Å². The van der Waals surface area contributed by atoms with E-state index in [1.165, 1.54) is 6.07 Å². The van der Waals surface area contributed by atoms with Crippen LogP contribution in [0, 0.1) is 5.82 Å². The number of aliphatic hydroxyl groups excluding tert-OH is 1. The molecule has 0 spiro atoms. The molecule has 110 valence electrons. The highest BCUT2D eigenvalue weighted by Crippen LogP contribution is 2.06. The summed E-state index contributed by atoms with van der Waals surface area (Å²) >= 11 is 0. The van der Waals surface area contributed by atoms with Crippen molar-refractivity contribution in [3.63, 3.8) is 0 Å². The van der Waals surface area contributed by atoms with Crippen LogP contribution in [0.5, 0.6) is 0 Å². The van der Waals surface area contributed by atoms with Crippen molar-refractivity contribution in [2.75, 3.05) is 0 Å². The van der Waals surface area contributed by atoms with Gasteiger partial charge in [0.05, 0.1) is 6.61 Å². The second-order valence-corrected chi connectivity index (χ2v) is 4.60. The number of amides is 2. The third kappa shape index (κ3) is 4.57. The van der Waals surface area contributed by atoms with E-state index in [1.54, 1.807) is 30.3 Å². The number of halogens is 1. The zero-order valence-corrected chi connectivity index (χ0v) is 11.5. The van der Waals surface area contributed by atoms with E-state index in [4.69, 9.17) is 5.11 Å². The number of hydrogen-bond donors (Lipinski definition) is 3. The quantitative estimate of drug-likeness (QED) is 0.790. The van der Waals surface area contributed by atoms with Gasteiger partial charge in [-0.25, -0.2) is 9.18 Å². The van der Waals surface area contributed by atoms with Crippen molar-refractivity contribution < 1.29 is 14.3 Å². The molecule has 0 saturated heterocycles. The first kappa shape index (κ1) is 15.0. The second-order valence-electron chi connectivity index (χ2n) is 4.60.